The topological polar surface area (TPSA) is 149 Å². The second-order valence-electron chi connectivity index (χ2n) is 9.82. The molecule has 2 atom stereocenters. The Morgan fingerprint density at radius 3 is 2.61 bits per heavy atom. The molecule has 4 rings (SSSR count). The third-order valence-electron chi connectivity index (χ3n) is 6.70. The summed E-state index contributed by atoms with van der Waals surface area (Å²) < 4.78 is 42.9. The first-order valence-corrected chi connectivity index (χ1v) is 15.2. The number of rotatable bonds is 14. The van der Waals surface area contributed by atoms with Crippen molar-refractivity contribution in [1.29, 1.82) is 0 Å². The van der Waals surface area contributed by atoms with Crippen molar-refractivity contribution >= 4 is 40.8 Å². The van der Waals surface area contributed by atoms with Crippen molar-refractivity contribution in [2.75, 3.05) is 27.4 Å². The van der Waals surface area contributed by atoms with Gasteiger partial charge in [-0.2, -0.15) is 5.10 Å². The van der Waals surface area contributed by atoms with E-state index < -0.39 is 24.3 Å². The molecule has 2 amide bonds. The van der Waals surface area contributed by atoms with Gasteiger partial charge in [-0.3, -0.25) is 5.43 Å². The fourth-order valence-electron chi connectivity index (χ4n) is 4.57. The van der Waals surface area contributed by atoms with Crippen LogP contribution in [0.25, 0.3) is 0 Å². The molecule has 3 aromatic carbocycles. The maximum absolute atomic E-state index is 14.2. The van der Waals surface area contributed by atoms with E-state index in [1.807, 2.05) is 0 Å². The molecule has 0 saturated heterocycles. The van der Waals surface area contributed by atoms with Gasteiger partial charge < -0.3 is 39.4 Å². The summed E-state index contributed by atoms with van der Waals surface area (Å²) in [5.41, 5.74) is 4.72. The van der Waals surface area contributed by atoms with E-state index in [4.69, 9.17) is 23.7 Å². The van der Waals surface area contributed by atoms with Crippen LogP contribution in [0.4, 0.5) is 9.18 Å². The smallest absolute Gasteiger partial charge is 0.337 e. The Bertz CT molecular complexity index is 1630. The second kappa shape index (κ2) is 16.1. The number of allylic oxidation sites excluding steroid dienone is 1. The highest BCUT2D eigenvalue weighted by atomic mass is 127. The summed E-state index contributed by atoms with van der Waals surface area (Å²) in [5, 5.41) is 20.0. The van der Waals surface area contributed by atoms with E-state index in [-0.39, 0.29) is 24.6 Å². The summed E-state index contributed by atoms with van der Waals surface area (Å²) in [6.07, 6.45) is 0.227. The van der Waals surface area contributed by atoms with Crippen LogP contribution in [0.5, 0.6) is 23.0 Å². The average Bonchev–Trinajstić information content (AvgIpc) is 3.03. The first-order valence-electron chi connectivity index (χ1n) is 14.1. The van der Waals surface area contributed by atoms with Gasteiger partial charge in [-0.15, -0.1) is 0 Å². The van der Waals surface area contributed by atoms with Crippen molar-refractivity contribution in [2.24, 2.45) is 5.10 Å². The number of aliphatic hydroxyl groups is 1. The minimum Gasteiger partial charge on any atom is -0.493 e. The Labute approximate surface area is 279 Å². The van der Waals surface area contributed by atoms with Gasteiger partial charge in [0.25, 0.3) is 0 Å². The van der Waals surface area contributed by atoms with Gasteiger partial charge in [0, 0.05) is 20.4 Å². The van der Waals surface area contributed by atoms with E-state index in [1.165, 1.54) is 26.5 Å². The van der Waals surface area contributed by atoms with Crippen LogP contribution in [0, 0.1) is 9.39 Å². The molecule has 1 aliphatic heterocycles. The number of benzene rings is 3. The molecule has 0 aliphatic carbocycles. The van der Waals surface area contributed by atoms with Crippen molar-refractivity contribution in [3.05, 3.63) is 91.9 Å². The summed E-state index contributed by atoms with van der Waals surface area (Å²) >= 11 is 2.13. The summed E-state index contributed by atoms with van der Waals surface area (Å²) in [4.78, 5) is 24.6. The molecular formula is C32H34FIN4O8. The number of carbonyl (C=O) groups is 2. The first kappa shape index (κ1) is 34.3. The van der Waals surface area contributed by atoms with Crippen LogP contribution in [-0.2, 0) is 16.1 Å². The predicted molar refractivity (Wildman–Crippen MR) is 175 cm³/mol. The van der Waals surface area contributed by atoms with Crippen molar-refractivity contribution in [3.63, 3.8) is 0 Å². The maximum atomic E-state index is 14.2. The lowest BCUT2D eigenvalue weighted by atomic mass is 9.95. The molecule has 0 unspecified atom stereocenters. The van der Waals surface area contributed by atoms with Gasteiger partial charge in [0.05, 0.1) is 38.7 Å². The Morgan fingerprint density at radius 1 is 1.11 bits per heavy atom. The highest BCUT2D eigenvalue weighted by molar-refractivity contribution is 14.1. The second-order valence-corrected chi connectivity index (χ2v) is 11.1. The Morgan fingerprint density at radius 2 is 1.89 bits per heavy atom. The quantitative estimate of drug-likeness (QED) is 0.0614. The number of esters is 1. The Hall–Kier alpha value is -4.57. The number of hydrazone groups is 1. The number of nitrogens with one attached hydrogen (secondary N) is 3. The lowest BCUT2D eigenvalue weighted by Gasteiger charge is -2.28. The Kier molecular flexibility index (Phi) is 12.0. The summed E-state index contributed by atoms with van der Waals surface area (Å²) in [6, 6.07) is 13.6. The molecule has 244 valence electrons. The van der Waals surface area contributed by atoms with Gasteiger partial charge in [-0.1, -0.05) is 24.3 Å². The van der Waals surface area contributed by atoms with Gasteiger partial charge in [-0.05, 0) is 72.3 Å². The zero-order valence-corrected chi connectivity index (χ0v) is 27.7. The monoisotopic (exact) mass is 748 g/mol. The van der Waals surface area contributed by atoms with Crippen molar-refractivity contribution < 1.29 is 42.8 Å². The zero-order chi connectivity index (χ0) is 33.2. The number of methoxy groups -OCH3 is 2. The number of nitrogens with zero attached hydrogens (tertiary/aromatic N) is 1. The van der Waals surface area contributed by atoms with E-state index in [9.17, 15) is 19.1 Å². The van der Waals surface area contributed by atoms with E-state index in [0.717, 1.165) is 3.57 Å². The molecule has 12 nitrogen and oxygen atoms in total. The van der Waals surface area contributed by atoms with Gasteiger partial charge in [0.1, 0.15) is 19.0 Å². The normalized spacial score (nSPS) is 15.1. The van der Waals surface area contributed by atoms with Crippen LogP contribution in [-0.4, -0.2) is 57.0 Å². The highest BCUT2D eigenvalue weighted by Crippen LogP contribution is 2.35. The number of urea groups is 1. The van der Waals surface area contributed by atoms with Crippen LogP contribution in [0.1, 0.15) is 36.6 Å². The lowest BCUT2D eigenvalue weighted by molar-refractivity contribution is -0.136. The minimum absolute atomic E-state index is 0.0286. The third kappa shape index (κ3) is 8.57. The van der Waals surface area contributed by atoms with Gasteiger partial charge in [0.15, 0.2) is 29.2 Å². The van der Waals surface area contributed by atoms with Crippen molar-refractivity contribution in [1.82, 2.24) is 16.1 Å². The molecule has 3 aromatic rings. The van der Waals surface area contributed by atoms with E-state index in [1.54, 1.807) is 62.4 Å². The van der Waals surface area contributed by atoms with E-state index in [2.05, 4.69) is 43.8 Å². The van der Waals surface area contributed by atoms with Crippen LogP contribution >= 0.6 is 22.6 Å². The van der Waals surface area contributed by atoms with Crippen molar-refractivity contribution in [3.8, 4) is 23.0 Å². The van der Waals surface area contributed by atoms with Crippen LogP contribution in [0.2, 0.25) is 0 Å². The lowest BCUT2D eigenvalue weighted by Crippen LogP contribution is -2.45. The molecule has 0 spiro atoms. The molecule has 14 heteroatoms. The summed E-state index contributed by atoms with van der Waals surface area (Å²) in [7, 11) is 2.77. The minimum atomic E-state index is -1.22. The predicted octanol–water partition coefficient (Wildman–Crippen LogP) is 4.54. The standard InChI is InChI=1S/C32H34FIN4O8/c1-5-44-25-13-19(29-28(31(40)43-4)18(2)36-32(41)37-29)10-11-24(25)45-17-27(39)38-35-15-21-12-22(34)14-26(42-3)30(21)46-16-20-8-6-7-9-23(20)33/h6-15,27,29,38-39H,5,16-17H2,1-4H3,(H2,36,37,41)/b35-15+/t27-,29-/m0/s1. The van der Waals surface area contributed by atoms with E-state index in [0.29, 0.717) is 52.0 Å². The fraction of sp³-hybridized carbons (Fsp3) is 0.281. The molecule has 0 bridgehead atoms. The van der Waals surface area contributed by atoms with Crippen LogP contribution in [0.3, 0.4) is 0 Å². The summed E-state index contributed by atoms with van der Waals surface area (Å²) in [6.45, 7) is 3.48. The van der Waals surface area contributed by atoms with Crippen LogP contribution in [0.15, 0.2) is 71.0 Å². The van der Waals surface area contributed by atoms with Gasteiger partial charge >= 0.3 is 12.0 Å². The van der Waals surface area contributed by atoms with Gasteiger partial charge in [-0.25, -0.2) is 14.0 Å². The molecular weight excluding hydrogens is 714 g/mol. The number of hydrogen-bond donors (Lipinski definition) is 4. The molecule has 1 heterocycles. The maximum Gasteiger partial charge on any atom is 0.337 e. The molecule has 0 aromatic heterocycles. The molecule has 4 N–H and O–H groups in total. The molecule has 0 fully saturated rings. The SMILES string of the molecule is CCOc1cc([C@@H]2NC(=O)NC(C)=C2C(=O)OC)ccc1OC[C@H](O)N/N=C/c1cc(I)cc(OC)c1OCc1ccccc1F. The number of amides is 2. The molecule has 46 heavy (non-hydrogen) atoms. The zero-order valence-electron chi connectivity index (χ0n) is 25.6. The molecule has 0 radical (unpaired) electrons. The molecule has 0 saturated carbocycles. The van der Waals surface area contributed by atoms with Gasteiger partial charge in [0.2, 0.25) is 0 Å². The fourth-order valence-corrected chi connectivity index (χ4v) is 5.19. The number of ether oxygens (including phenoxy) is 5. The number of aliphatic hydroxyl groups excluding tert-OH is 1. The number of hydrogen-bond acceptors (Lipinski definition) is 10. The average molecular weight is 749 g/mol. The van der Waals surface area contributed by atoms with E-state index >= 15 is 0 Å². The molecule has 1 aliphatic rings. The first-order chi connectivity index (χ1) is 22.1. The summed E-state index contributed by atoms with van der Waals surface area (Å²) in [5.74, 6) is 0.485. The van der Waals surface area contributed by atoms with Crippen molar-refractivity contribution in [2.45, 2.75) is 32.7 Å². The highest BCUT2D eigenvalue weighted by Gasteiger charge is 2.32. The number of carbonyl (C=O) groups excluding carboxylic acids is 2. The third-order valence-corrected chi connectivity index (χ3v) is 7.32. The van der Waals surface area contributed by atoms with Crippen LogP contribution < -0.4 is 35.0 Å². The number of halogens is 2. The largest absolute Gasteiger partial charge is 0.493 e. The Balaban J connectivity index is 1.45.